The minimum absolute atomic E-state index is 0.0440. The van der Waals surface area contributed by atoms with Crippen LogP contribution in [-0.4, -0.2) is 13.2 Å². The van der Waals surface area contributed by atoms with Gasteiger partial charge in [0.05, 0.1) is 13.2 Å². The summed E-state index contributed by atoms with van der Waals surface area (Å²) in [4.78, 5) is 0. The number of hydrogen-bond donors (Lipinski definition) is 0. The Morgan fingerprint density at radius 1 is 0.700 bits per heavy atom. The third kappa shape index (κ3) is 8.64. The summed E-state index contributed by atoms with van der Waals surface area (Å²) in [6.45, 7) is 21.3. The predicted molar refractivity (Wildman–Crippen MR) is 115 cm³/mol. The van der Waals surface area contributed by atoms with Crippen LogP contribution in [0.5, 0.6) is 0 Å². The molecule has 0 aliphatic rings. The summed E-state index contributed by atoms with van der Waals surface area (Å²) < 4.78 is 66.8. The van der Waals surface area contributed by atoms with E-state index in [1.54, 1.807) is 20.8 Å². The van der Waals surface area contributed by atoms with Crippen LogP contribution >= 0.6 is 0 Å². The first kappa shape index (κ1) is 27.8. The third-order valence-corrected chi connectivity index (χ3v) is 4.75. The van der Waals surface area contributed by atoms with Crippen LogP contribution in [0, 0.1) is 11.8 Å². The zero-order valence-corrected chi connectivity index (χ0v) is 18.6. The second-order valence-electron chi connectivity index (χ2n) is 7.17. The van der Waals surface area contributed by atoms with Crippen LogP contribution in [0.3, 0.4) is 0 Å². The molecule has 0 bridgehead atoms. The molecule has 2 nitrogen and oxygen atoms in total. The lowest BCUT2D eigenvalue weighted by molar-refractivity contribution is 0.203. The van der Waals surface area contributed by atoms with Gasteiger partial charge in [0.25, 0.3) is 0 Å². The molecule has 0 aliphatic carbocycles. The Bertz CT molecular complexity index is 704. The van der Waals surface area contributed by atoms with E-state index < -0.39 is 40.9 Å². The van der Waals surface area contributed by atoms with Gasteiger partial charge in [0.15, 0.2) is 34.8 Å². The summed E-state index contributed by atoms with van der Waals surface area (Å²) in [6.07, 6.45) is 2.29. The number of ether oxygens (including phenoxy) is 2. The molecule has 0 N–H and O–H groups in total. The summed E-state index contributed by atoms with van der Waals surface area (Å²) >= 11 is 0. The summed E-state index contributed by atoms with van der Waals surface area (Å²) in [5.41, 5.74) is -0.0940. The van der Waals surface area contributed by atoms with Gasteiger partial charge < -0.3 is 9.47 Å². The molecule has 30 heavy (non-hydrogen) atoms. The average Bonchev–Trinajstić information content (AvgIpc) is 2.73. The van der Waals surface area contributed by atoms with Gasteiger partial charge in [-0.15, -0.1) is 0 Å². The fraction of sp³-hybridized carbons (Fsp3) is 0.500. The van der Waals surface area contributed by atoms with Crippen LogP contribution in [0.2, 0.25) is 0 Å². The minimum Gasteiger partial charge on any atom is -0.491 e. The van der Waals surface area contributed by atoms with Crippen LogP contribution in [0.25, 0.3) is 0 Å². The molecule has 0 aromatic heterocycles. The number of hydrogen-bond acceptors (Lipinski definition) is 2. The fourth-order valence-corrected chi connectivity index (χ4v) is 2.45. The molecule has 0 amide bonds. The van der Waals surface area contributed by atoms with Crippen molar-refractivity contribution in [3.05, 3.63) is 72.3 Å². The first-order valence-corrected chi connectivity index (χ1v) is 10.1. The Morgan fingerprint density at radius 3 is 1.47 bits per heavy atom. The fourth-order valence-electron chi connectivity index (χ4n) is 2.45. The average molecular weight is 431 g/mol. The zero-order valence-electron chi connectivity index (χ0n) is 18.6. The van der Waals surface area contributed by atoms with E-state index in [1.165, 1.54) is 0 Å². The molecule has 0 heterocycles. The van der Waals surface area contributed by atoms with Crippen molar-refractivity contribution in [2.24, 2.45) is 11.8 Å². The van der Waals surface area contributed by atoms with E-state index in [0.717, 1.165) is 6.42 Å². The van der Waals surface area contributed by atoms with E-state index >= 15 is 0 Å². The molecule has 0 aromatic carbocycles. The normalized spacial score (nSPS) is 14.8. The molecule has 170 valence electrons. The van der Waals surface area contributed by atoms with E-state index in [0.29, 0.717) is 19.3 Å². The molecule has 0 radical (unpaired) electrons. The monoisotopic (exact) mass is 430 g/mol. The van der Waals surface area contributed by atoms with Crippen molar-refractivity contribution in [2.75, 3.05) is 13.2 Å². The molecule has 0 saturated heterocycles. The molecule has 0 saturated carbocycles. The van der Waals surface area contributed by atoms with Crippen molar-refractivity contribution in [2.45, 2.75) is 53.4 Å². The SMILES string of the molecule is C=C(OCC)/C(F)=C(/F)C(=C)C(C)CCC(C)C(=C)/C(F)=C(/F)C(=C)OCCCC. The first-order valence-electron chi connectivity index (χ1n) is 10.1. The first-order chi connectivity index (χ1) is 14.0. The van der Waals surface area contributed by atoms with Gasteiger partial charge in [0.2, 0.25) is 0 Å². The van der Waals surface area contributed by atoms with Gasteiger partial charge in [-0.05, 0) is 49.2 Å². The zero-order chi connectivity index (χ0) is 23.4. The number of rotatable bonds is 15. The second-order valence-corrected chi connectivity index (χ2v) is 7.17. The summed E-state index contributed by atoms with van der Waals surface area (Å²) in [7, 11) is 0. The Morgan fingerprint density at radius 2 is 1.10 bits per heavy atom. The van der Waals surface area contributed by atoms with E-state index in [-0.39, 0.29) is 30.1 Å². The van der Waals surface area contributed by atoms with E-state index in [4.69, 9.17) is 9.47 Å². The Hall–Kier alpha value is -2.24. The highest BCUT2D eigenvalue weighted by atomic mass is 19.2. The summed E-state index contributed by atoms with van der Waals surface area (Å²) in [5, 5.41) is 0. The van der Waals surface area contributed by atoms with Gasteiger partial charge in [-0.1, -0.05) is 53.5 Å². The van der Waals surface area contributed by atoms with Crippen molar-refractivity contribution < 1.29 is 27.0 Å². The molecule has 0 rings (SSSR count). The highest BCUT2D eigenvalue weighted by Crippen LogP contribution is 2.33. The summed E-state index contributed by atoms with van der Waals surface area (Å²) in [6, 6.07) is 0. The van der Waals surface area contributed by atoms with Gasteiger partial charge in [0, 0.05) is 0 Å². The van der Waals surface area contributed by atoms with Crippen molar-refractivity contribution in [3.8, 4) is 0 Å². The largest absolute Gasteiger partial charge is 0.491 e. The molecule has 0 aliphatic heterocycles. The van der Waals surface area contributed by atoms with E-state index in [2.05, 4.69) is 26.3 Å². The van der Waals surface area contributed by atoms with Crippen molar-refractivity contribution in [3.63, 3.8) is 0 Å². The molecule has 2 unspecified atom stereocenters. The maximum absolute atomic E-state index is 14.4. The highest BCUT2D eigenvalue weighted by Gasteiger charge is 2.22. The standard InChI is InChI=1S/C24H34F4O2/c1-9-11-14-30-20(8)24(28)22(26)18(6)16(4)13-12-15(3)17(5)21(25)23(27)19(7)29-10-2/h15-16H,5-14H2,1-4H3/b23-21-,24-22-. The van der Waals surface area contributed by atoms with Crippen LogP contribution in [-0.2, 0) is 9.47 Å². The Labute approximate surface area is 178 Å². The predicted octanol–water partition coefficient (Wildman–Crippen LogP) is 8.33. The van der Waals surface area contributed by atoms with Gasteiger partial charge in [-0.3, -0.25) is 0 Å². The molecule has 0 fully saturated rings. The summed E-state index contributed by atoms with van der Waals surface area (Å²) in [5.74, 6) is -6.24. The van der Waals surface area contributed by atoms with Crippen LogP contribution < -0.4 is 0 Å². The number of halogens is 4. The molecule has 2 atom stereocenters. The maximum Gasteiger partial charge on any atom is 0.200 e. The lowest BCUT2D eigenvalue weighted by Crippen LogP contribution is -2.07. The van der Waals surface area contributed by atoms with Crippen LogP contribution in [0.1, 0.15) is 53.4 Å². The van der Waals surface area contributed by atoms with Crippen LogP contribution in [0.4, 0.5) is 17.6 Å². The Balaban J connectivity index is 4.96. The van der Waals surface area contributed by atoms with E-state index in [9.17, 15) is 17.6 Å². The van der Waals surface area contributed by atoms with Gasteiger partial charge in [-0.2, -0.15) is 8.78 Å². The second kappa shape index (κ2) is 13.9. The minimum atomic E-state index is -1.19. The molecule has 0 aromatic rings. The third-order valence-electron chi connectivity index (χ3n) is 4.75. The molecule has 0 spiro atoms. The smallest absolute Gasteiger partial charge is 0.200 e. The highest BCUT2D eigenvalue weighted by molar-refractivity contribution is 5.35. The van der Waals surface area contributed by atoms with Gasteiger partial charge in [0.1, 0.15) is 0 Å². The Kier molecular flexibility index (Phi) is 12.8. The van der Waals surface area contributed by atoms with Crippen molar-refractivity contribution in [1.82, 2.24) is 0 Å². The van der Waals surface area contributed by atoms with Crippen molar-refractivity contribution in [1.29, 1.82) is 0 Å². The van der Waals surface area contributed by atoms with Crippen molar-refractivity contribution >= 4 is 0 Å². The van der Waals surface area contributed by atoms with Gasteiger partial charge >= 0.3 is 0 Å². The molecule has 6 heteroatoms. The quantitative estimate of drug-likeness (QED) is 0.112. The lowest BCUT2D eigenvalue weighted by Gasteiger charge is -2.19. The number of allylic oxidation sites excluding steroid dienone is 6. The molecular weight excluding hydrogens is 396 g/mol. The van der Waals surface area contributed by atoms with Gasteiger partial charge in [-0.25, -0.2) is 8.78 Å². The van der Waals surface area contributed by atoms with E-state index in [1.807, 2.05) is 6.92 Å². The topological polar surface area (TPSA) is 18.5 Å². The maximum atomic E-state index is 14.4. The number of unbranched alkanes of at least 4 members (excludes halogenated alkanes) is 1. The van der Waals surface area contributed by atoms with Crippen LogP contribution in [0.15, 0.2) is 72.3 Å². The molecular formula is C24H34F4O2. The lowest BCUT2D eigenvalue weighted by atomic mass is 9.88.